The van der Waals surface area contributed by atoms with E-state index in [0.717, 1.165) is 21.8 Å². The molecule has 2 aromatic carbocycles. The van der Waals surface area contributed by atoms with E-state index >= 15 is 0 Å². The van der Waals surface area contributed by atoms with Gasteiger partial charge in [-0.3, -0.25) is 9.89 Å². The summed E-state index contributed by atoms with van der Waals surface area (Å²) >= 11 is 0. The Hall–Kier alpha value is -3.08. The zero-order valence-electron chi connectivity index (χ0n) is 11.1. The number of nitrogens with one attached hydrogen (secondary N) is 3. The van der Waals surface area contributed by atoms with Gasteiger partial charge in [-0.05, 0) is 18.2 Å². The number of aromatic nitrogens is 3. The van der Waals surface area contributed by atoms with Crippen molar-refractivity contribution in [2.75, 3.05) is 5.32 Å². The number of amides is 1. The second-order valence-corrected chi connectivity index (χ2v) is 4.82. The van der Waals surface area contributed by atoms with Gasteiger partial charge in [-0.25, -0.2) is 0 Å². The van der Waals surface area contributed by atoms with Gasteiger partial charge in [0.25, 0.3) is 5.91 Å². The summed E-state index contributed by atoms with van der Waals surface area (Å²) in [5.74, 6) is 0.366. The number of H-pyrrole nitrogens is 2. The summed E-state index contributed by atoms with van der Waals surface area (Å²) in [5, 5.41) is 11.7. The average molecular weight is 276 g/mol. The molecule has 1 amide bonds. The van der Waals surface area contributed by atoms with Crippen molar-refractivity contribution in [1.82, 2.24) is 15.2 Å². The molecule has 5 heteroatoms. The second-order valence-electron chi connectivity index (χ2n) is 4.82. The van der Waals surface area contributed by atoms with Crippen LogP contribution < -0.4 is 5.32 Å². The first-order valence-electron chi connectivity index (χ1n) is 6.63. The van der Waals surface area contributed by atoms with E-state index in [1.54, 1.807) is 6.20 Å². The molecule has 0 saturated heterocycles. The lowest BCUT2D eigenvalue weighted by Gasteiger charge is -2.01. The second kappa shape index (κ2) is 4.49. The van der Waals surface area contributed by atoms with Crippen LogP contribution in [0, 0.1) is 0 Å². The molecule has 4 aromatic rings. The van der Waals surface area contributed by atoms with Crippen LogP contribution in [0.3, 0.4) is 0 Å². The van der Waals surface area contributed by atoms with Gasteiger partial charge in [-0.2, -0.15) is 5.10 Å². The van der Waals surface area contributed by atoms with Crippen LogP contribution in [0.5, 0.6) is 0 Å². The normalized spacial score (nSPS) is 11.0. The molecular weight excluding hydrogens is 264 g/mol. The molecule has 0 fully saturated rings. The van der Waals surface area contributed by atoms with Crippen LogP contribution in [0.2, 0.25) is 0 Å². The number of rotatable bonds is 2. The largest absolute Gasteiger partial charge is 0.360 e. The van der Waals surface area contributed by atoms with Crippen LogP contribution in [0.4, 0.5) is 5.82 Å². The van der Waals surface area contributed by atoms with Crippen LogP contribution in [-0.4, -0.2) is 21.1 Å². The van der Waals surface area contributed by atoms with Crippen molar-refractivity contribution >= 4 is 33.5 Å². The molecular formula is C16H12N4O. The van der Waals surface area contributed by atoms with Crippen molar-refractivity contribution < 1.29 is 4.79 Å². The number of fused-ring (bicyclic) bond motifs is 2. The third kappa shape index (κ3) is 1.87. The molecule has 21 heavy (non-hydrogen) atoms. The number of nitrogens with zero attached hydrogens (tertiary/aromatic N) is 1. The zero-order chi connectivity index (χ0) is 14.2. The lowest BCUT2D eigenvalue weighted by molar-refractivity contribution is 0.102. The van der Waals surface area contributed by atoms with Crippen molar-refractivity contribution in [2.45, 2.75) is 0 Å². The van der Waals surface area contributed by atoms with Gasteiger partial charge in [-0.15, -0.1) is 0 Å². The van der Waals surface area contributed by atoms with Crippen molar-refractivity contribution in [3.8, 4) is 0 Å². The maximum Gasteiger partial charge on any atom is 0.259 e. The van der Waals surface area contributed by atoms with Crippen molar-refractivity contribution in [3.05, 3.63) is 60.3 Å². The topological polar surface area (TPSA) is 73.6 Å². The molecule has 0 saturated carbocycles. The Morgan fingerprint density at radius 1 is 0.952 bits per heavy atom. The molecule has 0 aliphatic heterocycles. The van der Waals surface area contributed by atoms with E-state index in [1.165, 1.54) is 0 Å². The minimum absolute atomic E-state index is 0.176. The van der Waals surface area contributed by atoms with Gasteiger partial charge in [0.05, 0.1) is 11.1 Å². The quantitative estimate of drug-likeness (QED) is 0.525. The molecule has 3 N–H and O–H groups in total. The average Bonchev–Trinajstić information content (AvgIpc) is 3.12. The fourth-order valence-electron chi connectivity index (χ4n) is 2.49. The molecule has 0 radical (unpaired) electrons. The lowest BCUT2D eigenvalue weighted by Crippen LogP contribution is -2.11. The molecule has 0 bridgehead atoms. The first kappa shape index (κ1) is 11.7. The summed E-state index contributed by atoms with van der Waals surface area (Å²) in [4.78, 5) is 15.5. The highest BCUT2D eigenvalue weighted by Crippen LogP contribution is 2.22. The minimum Gasteiger partial charge on any atom is -0.360 e. The predicted octanol–water partition coefficient (Wildman–Crippen LogP) is 3.30. The molecule has 0 aliphatic carbocycles. The Bertz CT molecular complexity index is 951. The third-order valence-corrected chi connectivity index (χ3v) is 3.54. The van der Waals surface area contributed by atoms with E-state index in [1.807, 2.05) is 48.5 Å². The van der Waals surface area contributed by atoms with E-state index in [9.17, 15) is 4.79 Å². The van der Waals surface area contributed by atoms with Crippen LogP contribution >= 0.6 is 0 Å². The van der Waals surface area contributed by atoms with Crippen molar-refractivity contribution in [1.29, 1.82) is 0 Å². The number of hydrogen-bond acceptors (Lipinski definition) is 2. The van der Waals surface area contributed by atoms with E-state index in [2.05, 4.69) is 20.5 Å². The van der Waals surface area contributed by atoms with Crippen LogP contribution in [0.25, 0.3) is 21.8 Å². The summed E-state index contributed by atoms with van der Waals surface area (Å²) in [5.41, 5.74) is 2.44. The molecule has 0 spiro atoms. The molecule has 0 atom stereocenters. The first-order chi connectivity index (χ1) is 10.3. The number of benzene rings is 2. The summed E-state index contributed by atoms with van der Waals surface area (Å²) < 4.78 is 0. The van der Waals surface area contributed by atoms with Gasteiger partial charge < -0.3 is 10.3 Å². The highest BCUT2D eigenvalue weighted by molar-refractivity contribution is 6.14. The maximum absolute atomic E-state index is 12.4. The molecule has 0 aliphatic rings. The first-order valence-corrected chi connectivity index (χ1v) is 6.63. The summed E-state index contributed by atoms with van der Waals surface area (Å²) in [7, 11) is 0. The Morgan fingerprint density at radius 2 is 1.67 bits per heavy atom. The fourth-order valence-corrected chi connectivity index (χ4v) is 2.49. The van der Waals surface area contributed by atoms with Gasteiger partial charge in [0.1, 0.15) is 0 Å². The van der Waals surface area contributed by atoms with Gasteiger partial charge in [0.2, 0.25) is 0 Å². The monoisotopic (exact) mass is 276 g/mol. The number of anilines is 1. The summed E-state index contributed by atoms with van der Waals surface area (Å²) in [6.07, 6.45) is 1.72. The molecule has 0 unspecified atom stereocenters. The van der Waals surface area contributed by atoms with Crippen LogP contribution in [0.15, 0.2) is 54.7 Å². The highest BCUT2D eigenvalue weighted by atomic mass is 16.1. The van der Waals surface area contributed by atoms with E-state index in [0.29, 0.717) is 11.4 Å². The Labute approximate surface area is 120 Å². The number of carbonyl (C=O) groups is 1. The number of aromatic amines is 2. The van der Waals surface area contributed by atoms with Crippen molar-refractivity contribution in [3.63, 3.8) is 0 Å². The third-order valence-electron chi connectivity index (χ3n) is 3.54. The van der Waals surface area contributed by atoms with Crippen molar-refractivity contribution in [2.24, 2.45) is 0 Å². The van der Waals surface area contributed by atoms with E-state index < -0.39 is 0 Å². The van der Waals surface area contributed by atoms with Gasteiger partial charge in [0, 0.05) is 22.5 Å². The van der Waals surface area contributed by atoms with Crippen LogP contribution in [-0.2, 0) is 0 Å². The molecule has 2 heterocycles. The lowest BCUT2D eigenvalue weighted by atomic mass is 10.1. The molecule has 4 rings (SSSR count). The predicted molar refractivity (Wildman–Crippen MR) is 82.3 cm³/mol. The van der Waals surface area contributed by atoms with Crippen LogP contribution in [0.1, 0.15) is 10.4 Å². The Morgan fingerprint density at radius 3 is 2.52 bits per heavy atom. The molecule has 102 valence electrons. The standard InChI is InChI=1S/C16H12N4O/c21-16(12-9-17-13-7-3-1-5-10(12)13)18-15-11-6-2-4-8-14(11)19-20-15/h1-9,17H,(H2,18,19,20,21). The Balaban J connectivity index is 1.72. The zero-order valence-corrected chi connectivity index (χ0v) is 11.1. The maximum atomic E-state index is 12.4. The minimum atomic E-state index is -0.176. The van der Waals surface area contributed by atoms with Gasteiger partial charge in [0.15, 0.2) is 5.82 Å². The summed E-state index contributed by atoms with van der Waals surface area (Å²) in [6, 6.07) is 15.4. The number of carbonyl (C=O) groups excluding carboxylic acids is 1. The van der Waals surface area contributed by atoms with Gasteiger partial charge in [-0.1, -0.05) is 30.3 Å². The number of para-hydroxylation sites is 2. The number of hydrogen-bond donors (Lipinski definition) is 3. The molecule has 5 nitrogen and oxygen atoms in total. The fraction of sp³-hybridized carbons (Fsp3) is 0. The SMILES string of the molecule is O=C(Nc1n[nH]c2ccccc12)c1c[nH]c2ccccc12. The summed E-state index contributed by atoms with van der Waals surface area (Å²) in [6.45, 7) is 0. The van der Waals surface area contributed by atoms with E-state index in [-0.39, 0.29) is 5.91 Å². The smallest absolute Gasteiger partial charge is 0.259 e. The Kier molecular flexibility index (Phi) is 2.50. The van der Waals surface area contributed by atoms with E-state index in [4.69, 9.17) is 0 Å². The van der Waals surface area contributed by atoms with Gasteiger partial charge >= 0.3 is 0 Å². The molecule has 2 aromatic heterocycles. The highest BCUT2D eigenvalue weighted by Gasteiger charge is 2.14.